The Balaban J connectivity index is 1.84. The molecule has 1 atom stereocenters. The van der Waals surface area contributed by atoms with Crippen molar-refractivity contribution in [2.45, 2.75) is 46.0 Å². The van der Waals surface area contributed by atoms with Gasteiger partial charge in [-0.25, -0.2) is 4.39 Å². The summed E-state index contributed by atoms with van der Waals surface area (Å²) in [5.41, 5.74) is 4.23. The fraction of sp³-hybridized carbons (Fsp3) is 0.409. The minimum atomic E-state index is -1.46. The molecule has 0 saturated heterocycles. The third kappa shape index (κ3) is 2.92. The van der Waals surface area contributed by atoms with E-state index in [1.807, 2.05) is 6.07 Å². The average Bonchev–Trinajstić information content (AvgIpc) is 2.94. The minimum absolute atomic E-state index is 0.311. The fourth-order valence-corrected chi connectivity index (χ4v) is 4.12. The highest BCUT2D eigenvalue weighted by Gasteiger charge is 2.31. The summed E-state index contributed by atoms with van der Waals surface area (Å²) in [5.74, 6) is 0. The van der Waals surface area contributed by atoms with E-state index >= 15 is 4.39 Å². The molecule has 1 unspecified atom stereocenters. The molecule has 0 amide bonds. The first-order valence-electron chi connectivity index (χ1n) is 9.42. The van der Waals surface area contributed by atoms with Crippen LogP contribution in [0.1, 0.15) is 36.2 Å². The van der Waals surface area contributed by atoms with Crippen LogP contribution in [-0.4, -0.2) is 27.5 Å². The molecule has 2 aromatic heterocycles. The standard InChI is InChI=1S/C22H26FN3/c1-4-25-11-9-18-19-12-16(2)7-8-20(19)26(21(18)14-25)15-22(3,23)17-6-5-10-24-13-17/h5-8,10,12-13H,4,9,11,14-15H2,1-3H3. The van der Waals surface area contributed by atoms with Gasteiger partial charge in [0.1, 0.15) is 0 Å². The zero-order valence-electron chi connectivity index (χ0n) is 15.8. The molecule has 0 fully saturated rings. The number of aromatic nitrogens is 2. The number of fused-ring (bicyclic) bond motifs is 3. The van der Waals surface area contributed by atoms with Crippen LogP contribution in [0, 0.1) is 6.92 Å². The zero-order chi connectivity index (χ0) is 18.3. The van der Waals surface area contributed by atoms with Gasteiger partial charge >= 0.3 is 0 Å². The molecule has 1 aliphatic heterocycles. The summed E-state index contributed by atoms with van der Waals surface area (Å²) in [6, 6.07) is 10.2. The van der Waals surface area contributed by atoms with Crippen molar-refractivity contribution in [2.24, 2.45) is 0 Å². The van der Waals surface area contributed by atoms with Crippen LogP contribution in [0.2, 0.25) is 0 Å². The van der Waals surface area contributed by atoms with E-state index in [9.17, 15) is 0 Å². The first kappa shape index (κ1) is 17.2. The third-order valence-electron chi connectivity index (χ3n) is 5.66. The molecule has 3 aromatic rings. The summed E-state index contributed by atoms with van der Waals surface area (Å²) in [6.07, 6.45) is 4.36. The van der Waals surface area contributed by atoms with Gasteiger partial charge in [0.2, 0.25) is 0 Å². The summed E-state index contributed by atoms with van der Waals surface area (Å²) in [6.45, 7) is 9.28. The second-order valence-electron chi connectivity index (χ2n) is 7.59. The van der Waals surface area contributed by atoms with Crippen LogP contribution in [0.4, 0.5) is 4.39 Å². The van der Waals surface area contributed by atoms with Crippen molar-refractivity contribution in [2.75, 3.05) is 13.1 Å². The molecular formula is C22H26FN3. The lowest BCUT2D eigenvalue weighted by atomic mass is 9.99. The number of likely N-dealkylation sites (N-methyl/N-ethyl adjacent to an activating group) is 1. The van der Waals surface area contributed by atoms with E-state index in [2.05, 4.69) is 46.5 Å². The number of nitrogens with zero attached hydrogens (tertiary/aromatic N) is 3. The minimum Gasteiger partial charge on any atom is -0.339 e. The molecule has 0 bridgehead atoms. The van der Waals surface area contributed by atoms with Gasteiger partial charge in [0.15, 0.2) is 5.67 Å². The number of aryl methyl sites for hydroxylation is 1. The Hall–Kier alpha value is -2.20. The van der Waals surface area contributed by atoms with Gasteiger partial charge in [-0.2, -0.15) is 0 Å². The summed E-state index contributed by atoms with van der Waals surface area (Å²) in [5, 5.41) is 1.29. The number of benzene rings is 1. The number of alkyl halides is 1. The predicted molar refractivity (Wildman–Crippen MR) is 104 cm³/mol. The second-order valence-corrected chi connectivity index (χ2v) is 7.59. The van der Waals surface area contributed by atoms with E-state index in [0.717, 1.165) is 31.6 Å². The quantitative estimate of drug-likeness (QED) is 0.684. The maximum atomic E-state index is 15.7. The molecule has 0 saturated carbocycles. The Kier molecular flexibility index (Phi) is 4.31. The summed E-state index contributed by atoms with van der Waals surface area (Å²) >= 11 is 0. The van der Waals surface area contributed by atoms with Crippen LogP contribution >= 0.6 is 0 Å². The number of rotatable bonds is 4. The Morgan fingerprint density at radius 2 is 2.12 bits per heavy atom. The zero-order valence-corrected chi connectivity index (χ0v) is 15.8. The molecule has 4 heteroatoms. The van der Waals surface area contributed by atoms with Crippen LogP contribution < -0.4 is 0 Å². The Morgan fingerprint density at radius 1 is 1.27 bits per heavy atom. The van der Waals surface area contributed by atoms with Crippen molar-refractivity contribution < 1.29 is 4.39 Å². The van der Waals surface area contributed by atoms with E-state index in [4.69, 9.17) is 0 Å². The van der Waals surface area contributed by atoms with Gasteiger partial charge < -0.3 is 4.57 Å². The number of halogens is 1. The van der Waals surface area contributed by atoms with Crippen LogP contribution in [0.5, 0.6) is 0 Å². The van der Waals surface area contributed by atoms with Crippen molar-refractivity contribution in [3.63, 3.8) is 0 Å². The van der Waals surface area contributed by atoms with E-state index in [1.54, 1.807) is 25.4 Å². The molecule has 26 heavy (non-hydrogen) atoms. The fourth-order valence-electron chi connectivity index (χ4n) is 4.12. The van der Waals surface area contributed by atoms with Gasteiger partial charge in [0, 0.05) is 47.6 Å². The van der Waals surface area contributed by atoms with Crippen LogP contribution in [0.25, 0.3) is 10.9 Å². The highest BCUT2D eigenvalue weighted by molar-refractivity contribution is 5.86. The largest absolute Gasteiger partial charge is 0.339 e. The second kappa shape index (κ2) is 6.51. The number of hydrogen-bond donors (Lipinski definition) is 0. The first-order chi connectivity index (χ1) is 12.5. The van der Waals surface area contributed by atoms with Gasteiger partial charge in [-0.15, -0.1) is 0 Å². The lowest BCUT2D eigenvalue weighted by molar-refractivity contribution is 0.158. The van der Waals surface area contributed by atoms with E-state index in [0.29, 0.717) is 12.1 Å². The van der Waals surface area contributed by atoms with Gasteiger partial charge in [-0.05, 0) is 50.6 Å². The van der Waals surface area contributed by atoms with Crippen LogP contribution in [0.15, 0.2) is 42.7 Å². The van der Waals surface area contributed by atoms with E-state index < -0.39 is 5.67 Å². The maximum Gasteiger partial charge on any atom is 0.152 e. The highest BCUT2D eigenvalue weighted by atomic mass is 19.1. The lowest BCUT2D eigenvalue weighted by Crippen LogP contribution is -2.32. The smallest absolute Gasteiger partial charge is 0.152 e. The normalized spacial score (nSPS) is 17.2. The molecule has 3 heterocycles. The molecule has 1 aromatic carbocycles. The number of hydrogen-bond acceptors (Lipinski definition) is 2. The Bertz CT molecular complexity index is 927. The molecule has 4 rings (SSSR count). The van der Waals surface area contributed by atoms with Gasteiger partial charge in [0.25, 0.3) is 0 Å². The van der Waals surface area contributed by atoms with Crippen molar-refractivity contribution in [3.8, 4) is 0 Å². The Labute approximate surface area is 154 Å². The summed E-state index contributed by atoms with van der Waals surface area (Å²) in [4.78, 5) is 6.54. The molecule has 1 aliphatic rings. The van der Waals surface area contributed by atoms with Crippen LogP contribution in [-0.2, 0) is 25.2 Å². The van der Waals surface area contributed by atoms with Crippen molar-refractivity contribution in [3.05, 3.63) is 65.1 Å². The first-order valence-corrected chi connectivity index (χ1v) is 9.42. The molecule has 0 aliphatic carbocycles. The molecule has 136 valence electrons. The SMILES string of the molecule is CCN1CCc2c(n(CC(C)(F)c3cccnc3)c3ccc(C)cc23)C1. The van der Waals surface area contributed by atoms with Gasteiger partial charge in [-0.1, -0.05) is 24.6 Å². The van der Waals surface area contributed by atoms with Gasteiger partial charge in [-0.3, -0.25) is 9.88 Å². The average molecular weight is 351 g/mol. The lowest BCUT2D eigenvalue weighted by Gasteiger charge is -2.29. The molecule has 0 spiro atoms. The third-order valence-corrected chi connectivity index (χ3v) is 5.66. The molecule has 3 nitrogen and oxygen atoms in total. The monoisotopic (exact) mass is 351 g/mol. The van der Waals surface area contributed by atoms with E-state index in [-0.39, 0.29) is 0 Å². The number of pyridine rings is 1. The molecule has 0 radical (unpaired) electrons. The van der Waals surface area contributed by atoms with E-state index in [1.165, 1.54) is 22.2 Å². The summed E-state index contributed by atoms with van der Waals surface area (Å²) in [7, 11) is 0. The van der Waals surface area contributed by atoms with Crippen molar-refractivity contribution in [1.29, 1.82) is 0 Å². The highest BCUT2D eigenvalue weighted by Crippen LogP contribution is 2.35. The molecule has 0 N–H and O–H groups in total. The van der Waals surface area contributed by atoms with Gasteiger partial charge in [0.05, 0.1) is 6.54 Å². The summed E-state index contributed by atoms with van der Waals surface area (Å²) < 4.78 is 17.9. The maximum absolute atomic E-state index is 15.7. The Morgan fingerprint density at radius 3 is 2.85 bits per heavy atom. The topological polar surface area (TPSA) is 21.1 Å². The van der Waals surface area contributed by atoms with Crippen molar-refractivity contribution in [1.82, 2.24) is 14.5 Å². The van der Waals surface area contributed by atoms with Crippen molar-refractivity contribution >= 4 is 10.9 Å². The predicted octanol–water partition coefficient (Wildman–Crippen LogP) is 4.61. The van der Waals surface area contributed by atoms with Crippen LogP contribution in [0.3, 0.4) is 0 Å². The molecular weight excluding hydrogens is 325 g/mol.